The monoisotopic (exact) mass is 402 g/mol. The van der Waals surface area contributed by atoms with Gasteiger partial charge >= 0.3 is 5.97 Å². The Balaban J connectivity index is 1.55. The van der Waals surface area contributed by atoms with Gasteiger partial charge in [0.1, 0.15) is 11.5 Å². The van der Waals surface area contributed by atoms with Gasteiger partial charge < -0.3 is 18.7 Å². The van der Waals surface area contributed by atoms with Crippen LogP contribution in [0.4, 0.5) is 0 Å². The van der Waals surface area contributed by atoms with Gasteiger partial charge in [0.25, 0.3) is 5.89 Å². The van der Waals surface area contributed by atoms with Crippen LogP contribution in [0.2, 0.25) is 5.02 Å². The Hall–Kier alpha value is -3.06. The highest BCUT2D eigenvalue weighted by molar-refractivity contribution is 6.30. The van der Waals surface area contributed by atoms with Crippen molar-refractivity contribution in [3.8, 4) is 22.9 Å². The zero-order chi connectivity index (χ0) is 19.9. The summed E-state index contributed by atoms with van der Waals surface area (Å²) in [6.07, 6.45) is 0. The van der Waals surface area contributed by atoms with Gasteiger partial charge in [-0.15, -0.1) is 0 Å². The summed E-state index contributed by atoms with van der Waals surface area (Å²) in [7, 11) is 0. The van der Waals surface area contributed by atoms with Gasteiger partial charge in [-0.3, -0.25) is 0 Å². The maximum absolute atomic E-state index is 11.9. The lowest BCUT2D eigenvalue weighted by Crippen LogP contribution is -2.15. The fourth-order valence-electron chi connectivity index (χ4n) is 2.45. The molecule has 0 spiro atoms. The highest BCUT2D eigenvalue weighted by atomic mass is 35.5. The lowest BCUT2D eigenvalue weighted by atomic mass is 10.2. The number of para-hydroxylation sites is 1. The number of ether oxygens (including phenoxy) is 3. The molecular formula is C20H19ClN2O5. The van der Waals surface area contributed by atoms with Gasteiger partial charge in [-0.1, -0.05) is 28.9 Å². The van der Waals surface area contributed by atoms with Crippen molar-refractivity contribution in [2.24, 2.45) is 0 Å². The smallest absolute Gasteiger partial charge is 0.344 e. The molecule has 0 amide bonds. The Bertz CT molecular complexity index is 957. The first-order valence-electron chi connectivity index (χ1n) is 8.66. The predicted octanol–water partition coefficient (Wildman–Crippen LogP) is 4.22. The molecule has 0 N–H and O–H groups in total. The number of carbonyl (C=O) groups excluding carboxylic acids is 1. The van der Waals surface area contributed by atoms with Gasteiger partial charge in [-0.2, -0.15) is 4.98 Å². The first-order valence-corrected chi connectivity index (χ1v) is 9.04. The first-order chi connectivity index (χ1) is 13.6. The van der Waals surface area contributed by atoms with E-state index in [0.29, 0.717) is 34.5 Å². The molecule has 0 radical (unpaired) electrons. The van der Waals surface area contributed by atoms with E-state index in [4.69, 9.17) is 30.3 Å². The number of carbonyl (C=O) groups is 1. The van der Waals surface area contributed by atoms with Crippen molar-refractivity contribution in [3.63, 3.8) is 0 Å². The standard InChI is InChI=1S/C20H19ClN2O5/c1-3-25-17-7-5-4-6-15(17)20-22-18(28-23-20)11-27-19(24)12-26-16-9-8-14(21)10-13(16)2/h4-10H,3,11-12H2,1-2H3. The van der Waals surface area contributed by atoms with E-state index >= 15 is 0 Å². The van der Waals surface area contributed by atoms with E-state index in [9.17, 15) is 4.79 Å². The Labute approximate surface area is 167 Å². The molecule has 0 unspecified atom stereocenters. The minimum absolute atomic E-state index is 0.147. The Morgan fingerprint density at radius 3 is 2.75 bits per heavy atom. The van der Waals surface area contributed by atoms with Crippen molar-refractivity contribution in [3.05, 3.63) is 58.9 Å². The van der Waals surface area contributed by atoms with Crippen LogP contribution in [0.5, 0.6) is 11.5 Å². The number of esters is 1. The molecule has 0 fully saturated rings. The van der Waals surface area contributed by atoms with E-state index in [2.05, 4.69) is 10.1 Å². The van der Waals surface area contributed by atoms with Gasteiger partial charge in [0.2, 0.25) is 5.82 Å². The normalized spacial score (nSPS) is 10.5. The second-order valence-corrected chi connectivity index (χ2v) is 6.24. The molecule has 1 heterocycles. The summed E-state index contributed by atoms with van der Waals surface area (Å²) >= 11 is 5.89. The number of hydrogen-bond acceptors (Lipinski definition) is 7. The molecule has 146 valence electrons. The van der Waals surface area contributed by atoms with Crippen LogP contribution in [0.3, 0.4) is 0 Å². The van der Waals surface area contributed by atoms with Crippen LogP contribution >= 0.6 is 11.6 Å². The molecule has 0 saturated heterocycles. The molecule has 8 heteroatoms. The average molecular weight is 403 g/mol. The zero-order valence-electron chi connectivity index (χ0n) is 15.5. The second kappa shape index (κ2) is 9.23. The van der Waals surface area contributed by atoms with Gasteiger partial charge in [0.05, 0.1) is 12.2 Å². The third-order valence-electron chi connectivity index (χ3n) is 3.74. The molecule has 0 aliphatic rings. The average Bonchev–Trinajstić information content (AvgIpc) is 3.15. The number of benzene rings is 2. The molecule has 3 rings (SSSR count). The van der Waals surface area contributed by atoms with Crippen LogP contribution in [0.25, 0.3) is 11.4 Å². The summed E-state index contributed by atoms with van der Waals surface area (Å²) in [4.78, 5) is 16.1. The highest BCUT2D eigenvalue weighted by Crippen LogP contribution is 2.27. The lowest BCUT2D eigenvalue weighted by molar-refractivity contribution is -0.148. The fraction of sp³-hybridized carbons (Fsp3) is 0.250. The third-order valence-corrected chi connectivity index (χ3v) is 3.97. The number of aromatic nitrogens is 2. The van der Waals surface area contributed by atoms with Crippen LogP contribution in [0.1, 0.15) is 18.4 Å². The topological polar surface area (TPSA) is 83.7 Å². The van der Waals surface area contributed by atoms with Crippen LogP contribution in [-0.2, 0) is 16.1 Å². The van der Waals surface area contributed by atoms with Gasteiger partial charge in [0.15, 0.2) is 13.2 Å². The van der Waals surface area contributed by atoms with E-state index in [1.54, 1.807) is 18.2 Å². The second-order valence-electron chi connectivity index (χ2n) is 5.80. The van der Waals surface area contributed by atoms with Crippen molar-refractivity contribution in [1.29, 1.82) is 0 Å². The summed E-state index contributed by atoms with van der Waals surface area (Å²) in [5.74, 6) is 1.21. The van der Waals surface area contributed by atoms with Gasteiger partial charge in [-0.05, 0) is 49.7 Å². The maximum Gasteiger partial charge on any atom is 0.344 e. The third kappa shape index (κ3) is 5.01. The molecule has 2 aromatic carbocycles. The van der Waals surface area contributed by atoms with Gasteiger partial charge in [0, 0.05) is 5.02 Å². The molecule has 0 aliphatic carbocycles. The summed E-state index contributed by atoms with van der Waals surface area (Å²) in [6.45, 7) is 3.87. The number of hydrogen-bond donors (Lipinski definition) is 0. The van der Waals surface area contributed by atoms with Gasteiger partial charge in [-0.25, -0.2) is 4.79 Å². The largest absolute Gasteiger partial charge is 0.493 e. The molecular weight excluding hydrogens is 384 g/mol. The van der Waals surface area contributed by atoms with E-state index < -0.39 is 5.97 Å². The van der Waals surface area contributed by atoms with E-state index in [0.717, 1.165) is 5.56 Å². The van der Waals surface area contributed by atoms with Crippen molar-refractivity contribution in [1.82, 2.24) is 10.1 Å². The van der Waals surface area contributed by atoms with Crippen LogP contribution in [-0.4, -0.2) is 29.3 Å². The zero-order valence-corrected chi connectivity index (χ0v) is 16.2. The molecule has 0 bridgehead atoms. The van der Waals surface area contributed by atoms with Crippen molar-refractivity contribution in [2.75, 3.05) is 13.2 Å². The summed E-state index contributed by atoms with van der Waals surface area (Å²) < 4.78 is 21.3. The number of nitrogens with zero attached hydrogens (tertiary/aromatic N) is 2. The van der Waals surface area contributed by atoms with Crippen molar-refractivity contribution in [2.45, 2.75) is 20.5 Å². The summed E-state index contributed by atoms with van der Waals surface area (Å²) in [5.41, 5.74) is 1.53. The molecule has 0 aliphatic heterocycles. The van der Waals surface area contributed by atoms with Crippen LogP contribution in [0.15, 0.2) is 47.0 Å². The number of aryl methyl sites for hydroxylation is 1. The minimum Gasteiger partial charge on any atom is -0.493 e. The van der Waals surface area contributed by atoms with Crippen LogP contribution < -0.4 is 9.47 Å². The highest BCUT2D eigenvalue weighted by Gasteiger charge is 2.15. The maximum atomic E-state index is 11.9. The Morgan fingerprint density at radius 2 is 1.96 bits per heavy atom. The quantitative estimate of drug-likeness (QED) is 0.521. The predicted molar refractivity (Wildman–Crippen MR) is 102 cm³/mol. The fourth-order valence-corrected chi connectivity index (χ4v) is 2.68. The minimum atomic E-state index is -0.552. The molecule has 1 aromatic heterocycles. The molecule has 7 nitrogen and oxygen atoms in total. The first kappa shape index (κ1) is 19.7. The molecule has 0 saturated carbocycles. The van der Waals surface area contributed by atoms with E-state index in [1.165, 1.54) is 0 Å². The Kier molecular flexibility index (Phi) is 6.49. The lowest BCUT2D eigenvalue weighted by Gasteiger charge is -2.08. The van der Waals surface area contributed by atoms with Crippen molar-refractivity contribution < 1.29 is 23.5 Å². The van der Waals surface area contributed by atoms with Crippen molar-refractivity contribution >= 4 is 17.6 Å². The number of halogens is 1. The van der Waals surface area contributed by atoms with E-state index in [-0.39, 0.29) is 19.1 Å². The molecule has 28 heavy (non-hydrogen) atoms. The number of rotatable bonds is 8. The summed E-state index contributed by atoms with van der Waals surface area (Å²) in [5, 5.41) is 4.52. The molecule has 0 atom stereocenters. The summed E-state index contributed by atoms with van der Waals surface area (Å²) in [6, 6.07) is 12.5. The molecule has 3 aromatic rings. The van der Waals surface area contributed by atoms with Crippen LogP contribution in [0, 0.1) is 6.92 Å². The Morgan fingerprint density at radius 1 is 1.14 bits per heavy atom. The van der Waals surface area contributed by atoms with E-state index in [1.807, 2.05) is 38.1 Å². The SMILES string of the molecule is CCOc1ccccc1-c1noc(COC(=O)COc2ccc(Cl)cc2C)n1.